The smallest absolute Gasteiger partial charge is 0.125 e. The van der Waals surface area contributed by atoms with E-state index in [1.54, 1.807) is 0 Å². The summed E-state index contributed by atoms with van der Waals surface area (Å²) >= 11 is 0. The van der Waals surface area contributed by atoms with Crippen LogP contribution in [-0.2, 0) is 11.3 Å². The predicted molar refractivity (Wildman–Crippen MR) is 74.6 cm³/mol. The molecule has 100 valence electrons. The summed E-state index contributed by atoms with van der Waals surface area (Å²) in [7, 11) is 1.89. The van der Waals surface area contributed by atoms with Crippen molar-refractivity contribution in [1.82, 2.24) is 4.98 Å². The van der Waals surface area contributed by atoms with E-state index < -0.39 is 0 Å². The van der Waals surface area contributed by atoms with Crippen LogP contribution >= 0.6 is 0 Å². The van der Waals surface area contributed by atoms with Gasteiger partial charge in [0.1, 0.15) is 5.82 Å². The molecular formula is C15H24N2O. The standard InChI is InChI=1S/C15H24N2O/c1-3-13-6-4-5-7-14(13)18-11-12-8-9-17-15(10-12)16-2/h8-10,13-14H,3-7,11H2,1-2H3,(H,16,17). The van der Waals surface area contributed by atoms with E-state index in [0.717, 1.165) is 11.7 Å². The fraction of sp³-hybridized carbons (Fsp3) is 0.667. The van der Waals surface area contributed by atoms with Gasteiger partial charge in [-0.05, 0) is 36.5 Å². The molecular weight excluding hydrogens is 224 g/mol. The van der Waals surface area contributed by atoms with Crippen molar-refractivity contribution in [3.63, 3.8) is 0 Å². The van der Waals surface area contributed by atoms with Crippen molar-refractivity contribution in [2.24, 2.45) is 5.92 Å². The second-order valence-electron chi connectivity index (χ2n) is 5.10. The Morgan fingerprint density at radius 3 is 3.00 bits per heavy atom. The van der Waals surface area contributed by atoms with Crippen LogP contribution < -0.4 is 5.32 Å². The minimum Gasteiger partial charge on any atom is -0.373 e. The maximum absolute atomic E-state index is 6.12. The number of nitrogens with zero attached hydrogens (tertiary/aromatic N) is 1. The molecule has 1 aliphatic rings. The van der Waals surface area contributed by atoms with Crippen LogP contribution in [0, 0.1) is 5.92 Å². The third-order valence-electron chi connectivity index (χ3n) is 3.91. The van der Waals surface area contributed by atoms with Gasteiger partial charge >= 0.3 is 0 Å². The Morgan fingerprint density at radius 2 is 2.22 bits per heavy atom. The van der Waals surface area contributed by atoms with Crippen LogP contribution in [0.1, 0.15) is 44.6 Å². The first-order valence-electron chi connectivity index (χ1n) is 7.07. The predicted octanol–water partition coefficient (Wildman–Crippen LogP) is 3.61. The van der Waals surface area contributed by atoms with Crippen LogP contribution in [0.3, 0.4) is 0 Å². The Labute approximate surface area is 110 Å². The lowest BCUT2D eigenvalue weighted by atomic mass is 9.85. The number of pyridine rings is 1. The summed E-state index contributed by atoms with van der Waals surface area (Å²) < 4.78 is 6.12. The van der Waals surface area contributed by atoms with Crippen molar-refractivity contribution in [3.8, 4) is 0 Å². The molecule has 0 saturated heterocycles. The van der Waals surface area contributed by atoms with E-state index in [0.29, 0.717) is 12.7 Å². The summed E-state index contributed by atoms with van der Waals surface area (Å²) in [4.78, 5) is 4.22. The molecule has 0 aromatic carbocycles. The van der Waals surface area contributed by atoms with E-state index in [2.05, 4.69) is 23.3 Å². The van der Waals surface area contributed by atoms with Gasteiger partial charge in [0.05, 0.1) is 12.7 Å². The monoisotopic (exact) mass is 248 g/mol. The van der Waals surface area contributed by atoms with E-state index in [1.165, 1.54) is 37.7 Å². The van der Waals surface area contributed by atoms with Crippen molar-refractivity contribution in [2.75, 3.05) is 12.4 Å². The van der Waals surface area contributed by atoms with E-state index in [-0.39, 0.29) is 0 Å². The molecule has 1 aliphatic carbocycles. The molecule has 3 heteroatoms. The fourth-order valence-electron chi connectivity index (χ4n) is 2.76. The van der Waals surface area contributed by atoms with Crippen LogP contribution in [0.5, 0.6) is 0 Å². The molecule has 1 saturated carbocycles. The number of aromatic nitrogens is 1. The molecule has 2 unspecified atom stereocenters. The molecule has 18 heavy (non-hydrogen) atoms. The number of rotatable bonds is 5. The number of anilines is 1. The van der Waals surface area contributed by atoms with Gasteiger partial charge in [0.25, 0.3) is 0 Å². The van der Waals surface area contributed by atoms with Gasteiger partial charge in [-0.2, -0.15) is 0 Å². The highest BCUT2D eigenvalue weighted by molar-refractivity contribution is 5.36. The third kappa shape index (κ3) is 3.45. The first-order chi connectivity index (χ1) is 8.83. The molecule has 3 nitrogen and oxygen atoms in total. The van der Waals surface area contributed by atoms with Gasteiger partial charge in [0, 0.05) is 13.2 Å². The van der Waals surface area contributed by atoms with Gasteiger partial charge in [-0.15, -0.1) is 0 Å². The summed E-state index contributed by atoms with van der Waals surface area (Å²) in [5, 5.41) is 3.06. The molecule has 1 aromatic heterocycles. The lowest BCUT2D eigenvalue weighted by molar-refractivity contribution is -0.0221. The Kier molecular flexibility index (Phi) is 5.00. The van der Waals surface area contributed by atoms with Gasteiger partial charge in [0.15, 0.2) is 0 Å². The first kappa shape index (κ1) is 13.3. The second-order valence-corrected chi connectivity index (χ2v) is 5.10. The molecule has 1 fully saturated rings. The van der Waals surface area contributed by atoms with Crippen LogP contribution in [0.2, 0.25) is 0 Å². The van der Waals surface area contributed by atoms with E-state index in [1.807, 2.05) is 19.3 Å². The lowest BCUT2D eigenvalue weighted by Gasteiger charge is -2.30. The molecule has 2 atom stereocenters. The van der Waals surface area contributed by atoms with E-state index >= 15 is 0 Å². The highest BCUT2D eigenvalue weighted by atomic mass is 16.5. The number of nitrogens with one attached hydrogen (secondary N) is 1. The minimum atomic E-state index is 0.454. The normalized spacial score (nSPS) is 23.9. The number of hydrogen-bond donors (Lipinski definition) is 1. The average molecular weight is 248 g/mol. The van der Waals surface area contributed by atoms with Crippen molar-refractivity contribution in [2.45, 2.75) is 51.7 Å². The van der Waals surface area contributed by atoms with Crippen molar-refractivity contribution < 1.29 is 4.74 Å². The van der Waals surface area contributed by atoms with E-state index in [4.69, 9.17) is 4.74 Å². The molecule has 0 aliphatic heterocycles. The Hall–Kier alpha value is -1.09. The minimum absolute atomic E-state index is 0.454. The summed E-state index contributed by atoms with van der Waals surface area (Å²) in [6.07, 6.45) is 8.78. The first-order valence-corrected chi connectivity index (χ1v) is 7.07. The maximum atomic E-state index is 6.12. The van der Waals surface area contributed by atoms with Gasteiger partial charge in [-0.3, -0.25) is 0 Å². The Morgan fingerprint density at radius 1 is 1.39 bits per heavy atom. The van der Waals surface area contributed by atoms with Gasteiger partial charge in [0.2, 0.25) is 0 Å². The summed E-state index contributed by atoms with van der Waals surface area (Å²) in [5.74, 6) is 1.66. The molecule has 1 heterocycles. The number of ether oxygens (including phenoxy) is 1. The zero-order valence-electron chi connectivity index (χ0n) is 11.5. The van der Waals surface area contributed by atoms with E-state index in [9.17, 15) is 0 Å². The van der Waals surface area contributed by atoms with Crippen molar-refractivity contribution in [1.29, 1.82) is 0 Å². The molecule has 1 N–H and O–H groups in total. The molecule has 0 bridgehead atoms. The van der Waals surface area contributed by atoms with Crippen LogP contribution in [0.25, 0.3) is 0 Å². The third-order valence-corrected chi connectivity index (χ3v) is 3.91. The quantitative estimate of drug-likeness (QED) is 0.864. The Bertz CT molecular complexity index is 367. The SMILES string of the molecule is CCC1CCCCC1OCc1ccnc(NC)c1. The highest BCUT2D eigenvalue weighted by Crippen LogP contribution is 2.29. The summed E-state index contributed by atoms with van der Waals surface area (Å²) in [6.45, 7) is 2.98. The molecule has 0 spiro atoms. The zero-order chi connectivity index (χ0) is 12.8. The molecule has 0 amide bonds. The van der Waals surface area contributed by atoms with Crippen LogP contribution in [0.15, 0.2) is 18.3 Å². The highest BCUT2D eigenvalue weighted by Gasteiger charge is 2.24. The lowest BCUT2D eigenvalue weighted by Crippen LogP contribution is -2.27. The summed E-state index contributed by atoms with van der Waals surface area (Å²) in [6, 6.07) is 4.09. The summed E-state index contributed by atoms with van der Waals surface area (Å²) in [5.41, 5.74) is 1.20. The molecule has 1 aromatic rings. The fourth-order valence-corrected chi connectivity index (χ4v) is 2.76. The van der Waals surface area contributed by atoms with Gasteiger partial charge in [-0.25, -0.2) is 4.98 Å². The topological polar surface area (TPSA) is 34.1 Å². The average Bonchev–Trinajstić information content (AvgIpc) is 2.45. The maximum Gasteiger partial charge on any atom is 0.125 e. The number of hydrogen-bond acceptors (Lipinski definition) is 3. The Balaban J connectivity index is 1.89. The second kappa shape index (κ2) is 6.74. The van der Waals surface area contributed by atoms with Gasteiger partial charge < -0.3 is 10.1 Å². The van der Waals surface area contributed by atoms with Gasteiger partial charge in [-0.1, -0.05) is 26.2 Å². The van der Waals surface area contributed by atoms with Crippen molar-refractivity contribution in [3.05, 3.63) is 23.9 Å². The van der Waals surface area contributed by atoms with Crippen LogP contribution in [0.4, 0.5) is 5.82 Å². The van der Waals surface area contributed by atoms with Crippen LogP contribution in [-0.4, -0.2) is 18.1 Å². The zero-order valence-corrected chi connectivity index (χ0v) is 11.5. The molecule has 0 radical (unpaired) electrons. The largest absolute Gasteiger partial charge is 0.373 e. The molecule has 2 rings (SSSR count). The van der Waals surface area contributed by atoms with Crippen molar-refractivity contribution >= 4 is 5.82 Å².